The maximum absolute atomic E-state index is 12.7. The number of carbonyl (C=O) groups excluding carboxylic acids is 2. The van der Waals surface area contributed by atoms with Crippen molar-refractivity contribution in [1.82, 2.24) is 9.88 Å². The molecule has 1 fully saturated rings. The number of thiazole rings is 1. The fraction of sp³-hybridized carbons (Fsp3) is 0.261. The second-order valence-corrected chi connectivity index (χ2v) is 8.10. The molecule has 1 aliphatic rings. The summed E-state index contributed by atoms with van der Waals surface area (Å²) < 4.78 is 0. The number of nitrogens with one attached hydrogen (secondary N) is 1. The van der Waals surface area contributed by atoms with Crippen LogP contribution < -0.4 is 5.32 Å². The summed E-state index contributed by atoms with van der Waals surface area (Å²) in [6.07, 6.45) is 1.25. The van der Waals surface area contributed by atoms with Gasteiger partial charge in [0.1, 0.15) is 0 Å². The molecule has 29 heavy (non-hydrogen) atoms. The monoisotopic (exact) mass is 405 g/mol. The SMILES string of the molecule is CCc1ccc(-c2csc(NC(=O)[C@@H]3CC(=O)N(Cc4ccccc4)C3)n2)cc1. The number of likely N-dealkylation sites (tertiary alicyclic amines) is 1. The summed E-state index contributed by atoms with van der Waals surface area (Å²) in [7, 11) is 0. The number of anilines is 1. The van der Waals surface area contributed by atoms with E-state index in [1.54, 1.807) is 4.90 Å². The average Bonchev–Trinajstić information content (AvgIpc) is 3.36. The van der Waals surface area contributed by atoms with Crippen molar-refractivity contribution in [3.8, 4) is 11.3 Å². The predicted molar refractivity (Wildman–Crippen MR) is 116 cm³/mol. The molecule has 2 heterocycles. The van der Waals surface area contributed by atoms with E-state index in [1.807, 2.05) is 35.7 Å². The summed E-state index contributed by atoms with van der Waals surface area (Å²) in [6, 6.07) is 18.1. The Kier molecular flexibility index (Phi) is 5.71. The van der Waals surface area contributed by atoms with E-state index in [-0.39, 0.29) is 24.2 Å². The molecule has 0 unspecified atom stereocenters. The number of nitrogens with zero attached hydrogens (tertiary/aromatic N) is 2. The van der Waals surface area contributed by atoms with Crippen molar-refractivity contribution < 1.29 is 9.59 Å². The number of hydrogen-bond donors (Lipinski definition) is 1. The van der Waals surface area contributed by atoms with Gasteiger partial charge in [-0.05, 0) is 17.5 Å². The van der Waals surface area contributed by atoms with Gasteiger partial charge in [-0.3, -0.25) is 9.59 Å². The molecular formula is C23H23N3O2S. The second kappa shape index (κ2) is 8.57. The van der Waals surface area contributed by atoms with Gasteiger partial charge in [0.15, 0.2) is 5.13 Å². The predicted octanol–water partition coefficient (Wildman–Crippen LogP) is 4.36. The molecule has 1 N–H and O–H groups in total. The van der Waals surface area contributed by atoms with Gasteiger partial charge in [-0.15, -0.1) is 11.3 Å². The van der Waals surface area contributed by atoms with E-state index in [4.69, 9.17) is 0 Å². The fourth-order valence-corrected chi connectivity index (χ4v) is 4.21. The van der Waals surface area contributed by atoms with Crippen molar-refractivity contribution in [2.75, 3.05) is 11.9 Å². The van der Waals surface area contributed by atoms with Crippen LogP contribution in [0.5, 0.6) is 0 Å². The first-order valence-electron chi connectivity index (χ1n) is 9.80. The highest BCUT2D eigenvalue weighted by atomic mass is 32.1. The smallest absolute Gasteiger partial charge is 0.231 e. The molecule has 148 valence electrons. The van der Waals surface area contributed by atoms with Gasteiger partial charge in [0.2, 0.25) is 11.8 Å². The Bertz CT molecular complexity index is 998. The van der Waals surface area contributed by atoms with Gasteiger partial charge in [-0.2, -0.15) is 0 Å². The Balaban J connectivity index is 1.37. The minimum Gasteiger partial charge on any atom is -0.338 e. The van der Waals surface area contributed by atoms with Crippen molar-refractivity contribution in [2.45, 2.75) is 26.3 Å². The van der Waals surface area contributed by atoms with Crippen LogP contribution in [0, 0.1) is 5.92 Å². The largest absolute Gasteiger partial charge is 0.338 e. The van der Waals surface area contributed by atoms with Crippen LogP contribution in [-0.4, -0.2) is 28.2 Å². The quantitative estimate of drug-likeness (QED) is 0.663. The van der Waals surface area contributed by atoms with Crippen LogP contribution in [0.25, 0.3) is 11.3 Å². The molecule has 0 spiro atoms. The highest BCUT2D eigenvalue weighted by molar-refractivity contribution is 7.14. The lowest BCUT2D eigenvalue weighted by Gasteiger charge is -2.16. The third-order valence-corrected chi connectivity index (χ3v) is 5.95. The number of rotatable bonds is 6. The van der Waals surface area contributed by atoms with E-state index in [9.17, 15) is 9.59 Å². The highest BCUT2D eigenvalue weighted by Gasteiger charge is 2.34. The van der Waals surface area contributed by atoms with Gasteiger partial charge in [-0.25, -0.2) is 4.98 Å². The van der Waals surface area contributed by atoms with Gasteiger partial charge in [0, 0.05) is 30.5 Å². The highest BCUT2D eigenvalue weighted by Crippen LogP contribution is 2.27. The normalized spacial score (nSPS) is 16.2. The first kappa shape index (κ1) is 19.3. The molecular weight excluding hydrogens is 382 g/mol. The Labute approximate surface area is 174 Å². The molecule has 0 saturated carbocycles. The molecule has 2 amide bonds. The van der Waals surface area contributed by atoms with Crippen molar-refractivity contribution in [3.05, 3.63) is 71.1 Å². The maximum Gasteiger partial charge on any atom is 0.231 e. The summed E-state index contributed by atoms with van der Waals surface area (Å²) in [5.41, 5.74) is 4.23. The Hall–Kier alpha value is -2.99. The zero-order valence-electron chi connectivity index (χ0n) is 16.3. The summed E-state index contributed by atoms with van der Waals surface area (Å²) >= 11 is 1.40. The van der Waals surface area contributed by atoms with E-state index in [0.29, 0.717) is 18.2 Å². The Morgan fingerprint density at radius 1 is 1.14 bits per heavy atom. The van der Waals surface area contributed by atoms with Gasteiger partial charge in [0.05, 0.1) is 11.6 Å². The van der Waals surface area contributed by atoms with E-state index in [0.717, 1.165) is 23.2 Å². The molecule has 2 aromatic carbocycles. The molecule has 0 radical (unpaired) electrons. The molecule has 3 aromatic rings. The number of aryl methyl sites for hydroxylation is 1. The molecule has 0 aliphatic carbocycles. The van der Waals surface area contributed by atoms with Crippen LogP contribution in [0.2, 0.25) is 0 Å². The number of carbonyl (C=O) groups is 2. The number of amides is 2. The lowest BCUT2D eigenvalue weighted by atomic mass is 10.1. The van der Waals surface area contributed by atoms with Gasteiger partial charge in [-0.1, -0.05) is 61.5 Å². The fourth-order valence-electron chi connectivity index (χ4n) is 3.49. The third-order valence-electron chi connectivity index (χ3n) is 5.19. The van der Waals surface area contributed by atoms with Gasteiger partial charge in [0.25, 0.3) is 0 Å². The van der Waals surface area contributed by atoms with Crippen LogP contribution in [0.3, 0.4) is 0 Å². The van der Waals surface area contributed by atoms with E-state index in [1.165, 1.54) is 16.9 Å². The zero-order valence-corrected chi connectivity index (χ0v) is 17.1. The second-order valence-electron chi connectivity index (χ2n) is 7.24. The number of aromatic nitrogens is 1. The van der Waals surface area contributed by atoms with E-state index in [2.05, 4.69) is 41.5 Å². The lowest BCUT2D eigenvalue weighted by Crippen LogP contribution is -2.28. The standard InChI is InChI=1S/C23H23N3O2S/c1-2-16-8-10-18(11-9-16)20-15-29-23(24-20)25-22(28)19-12-21(27)26(14-19)13-17-6-4-3-5-7-17/h3-11,15,19H,2,12-14H2,1H3,(H,24,25,28)/t19-/m1/s1. The van der Waals surface area contributed by atoms with Crippen molar-refractivity contribution in [1.29, 1.82) is 0 Å². The molecule has 4 rings (SSSR count). The lowest BCUT2D eigenvalue weighted by molar-refractivity contribution is -0.128. The average molecular weight is 406 g/mol. The maximum atomic E-state index is 12.7. The minimum atomic E-state index is -0.345. The minimum absolute atomic E-state index is 0.0184. The first-order valence-corrected chi connectivity index (χ1v) is 10.7. The molecule has 1 atom stereocenters. The van der Waals surface area contributed by atoms with Crippen LogP contribution in [0.1, 0.15) is 24.5 Å². The summed E-state index contributed by atoms with van der Waals surface area (Å²) in [4.78, 5) is 31.3. The summed E-state index contributed by atoms with van der Waals surface area (Å²) in [5.74, 6) is -0.469. The number of hydrogen-bond acceptors (Lipinski definition) is 4. The van der Waals surface area contributed by atoms with E-state index < -0.39 is 0 Å². The molecule has 6 heteroatoms. The van der Waals surface area contributed by atoms with Crippen molar-refractivity contribution >= 4 is 28.3 Å². The molecule has 1 saturated heterocycles. The molecule has 5 nitrogen and oxygen atoms in total. The summed E-state index contributed by atoms with van der Waals surface area (Å²) in [6.45, 7) is 3.11. The van der Waals surface area contributed by atoms with Crippen LogP contribution in [0.4, 0.5) is 5.13 Å². The Morgan fingerprint density at radius 2 is 1.90 bits per heavy atom. The Morgan fingerprint density at radius 3 is 2.62 bits per heavy atom. The van der Waals surface area contributed by atoms with Crippen LogP contribution in [-0.2, 0) is 22.6 Å². The van der Waals surface area contributed by atoms with Gasteiger partial charge >= 0.3 is 0 Å². The number of benzene rings is 2. The molecule has 0 bridgehead atoms. The molecule has 1 aromatic heterocycles. The topological polar surface area (TPSA) is 62.3 Å². The van der Waals surface area contributed by atoms with Crippen LogP contribution >= 0.6 is 11.3 Å². The summed E-state index contributed by atoms with van der Waals surface area (Å²) in [5, 5.41) is 5.40. The molecule has 1 aliphatic heterocycles. The van der Waals surface area contributed by atoms with Crippen LogP contribution in [0.15, 0.2) is 60.0 Å². The zero-order chi connectivity index (χ0) is 20.2. The first-order chi connectivity index (χ1) is 14.1. The van der Waals surface area contributed by atoms with Crippen molar-refractivity contribution in [2.24, 2.45) is 5.92 Å². The van der Waals surface area contributed by atoms with Gasteiger partial charge < -0.3 is 10.2 Å². The van der Waals surface area contributed by atoms with E-state index >= 15 is 0 Å². The third kappa shape index (κ3) is 4.54. The van der Waals surface area contributed by atoms with Crippen molar-refractivity contribution in [3.63, 3.8) is 0 Å².